The molecule has 1 aliphatic rings. The highest BCUT2D eigenvalue weighted by Gasteiger charge is 2.23. The van der Waals surface area contributed by atoms with Crippen molar-refractivity contribution >= 4 is 11.3 Å². The quantitative estimate of drug-likeness (QED) is 0.881. The molecule has 4 heteroatoms. The van der Waals surface area contributed by atoms with Gasteiger partial charge in [0.2, 0.25) is 0 Å². The summed E-state index contributed by atoms with van der Waals surface area (Å²) < 4.78 is 2.29. The molecule has 0 spiro atoms. The number of fused-ring (bicyclic) bond motifs is 1. The van der Waals surface area contributed by atoms with Gasteiger partial charge in [-0.3, -0.25) is 0 Å². The van der Waals surface area contributed by atoms with Crippen molar-refractivity contribution in [1.29, 1.82) is 0 Å². The molecule has 0 aliphatic heterocycles. The van der Waals surface area contributed by atoms with Crippen molar-refractivity contribution in [2.45, 2.75) is 52.1 Å². The SMILES string of the molecule is CCCn1ccnc1C(NCC)c1cc2c(s1)CCC2. The number of thiophene rings is 1. The van der Waals surface area contributed by atoms with Gasteiger partial charge in [-0.05, 0) is 43.9 Å². The summed E-state index contributed by atoms with van der Waals surface area (Å²) in [5.74, 6) is 1.16. The minimum Gasteiger partial charge on any atom is -0.333 e. The lowest BCUT2D eigenvalue weighted by molar-refractivity contribution is 0.549. The van der Waals surface area contributed by atoms with Crippen LogP contribution in [0.1, 0.15) is 53.9 Å². The first kappa shape index (κ1) is 13.8. The molecule has 1 aliphatic carbocycles. The third kappa shape index (κ3) is 2.54. The highest BCUT2D eigenvalue weighted by molar-refractivity contribution is 7.12. The zero-order valence-corrected chi connectivity index (χ0v) is 13.2. The molecule has 1 N–H and O–H groups in total. The van der Waals surface area contributed by atoms with E-state index < -0.39 is 0 Å². The van der Waals surface area contributed by atoms with E-state index in [0.29, 0.717) is 0 Å². The number of nitrogens with one attached hydrogen (secondary N) is 1. The number of imidazole rings is 1. The van der Waals surface area contributed by atoms with Crippen molar-refractivity contribution in [2.75, 3.05) is 6.54 Å². The number of hydrogen-bond donors (Lipinski definition) is 1. The molecule has 0 saturated carbocycles. The standard InChI is InChI=1S/C16H23N3S/c1-3-9-19-10-8-18-16(19)15(17-4-2)14-11-12-6-5-7-13(12)20-14/h8,10-11,15,17H,3-7,9H2,1-2H3. The first-order chi connectivity index (χ1) is 9.83. The molecule has 0 amide bonds. The molecule has 20 heavy (non-hydrogen) atoms. The van der Waals surface area contributed by atoms with Crippen LogP contribution in [-0.2, 0) is 19.4 Å². The molecule has 3 rings (SSSR count). The van der Waals surface area contributed by atoms with Crippen LogP contribution in [0, 0.1) is 0 Å². The molecule has 0 bridgehead atoms. The Bertz CT molecular complexity index is 549. The van der Waals surface area contributed by atoms with Crippen molar-refractivity contribution < 1.29 is 0 Å². The molecule has 1 unspecified atom stereocenters. The average Bonchev–Trinajstić information content (AvgIpc) is 3.11. The fourth-order valence-corrected chi connectivity index (χ4v) is 4.36. The molecular weight excluding hydrogens is 266 g/mol. The third-order valence-electron chi connectivity index (χ3n) is 3.93. The summed E-state index contributed by atoms with van der Waals surface area (Å²) in [7, 11) is 0. The van der Waals surface area contributed by atoms with Crippen molar-refractivity contribution in [3.63, 3.8) is 0 Å². The van der Waals surface area contributed by atoms with Crippen LogP contribution in [0.2, 0.25) is 0 Å². The Hall–Kier alpha value is -1.13. The minimum absolute atomic E-state index is 0.247. The first-order valence-corrected chi connectivity index (χ1v) is 8.51. The highest BCUT2D eigenvalue weighted by atomic mass is 32.1. The molecular formula is C16H23N3S. The van der Waals surface area contributed by atoms with E-state index in [4.69, 9.17) is 0 Å². The zero-order chi connectivity index (χ0) is 13.9. The van der Waals surface area contributed by atoms with E-state index >= 15 is 0 Å². The molecule has 3 nitrogen and oxygen atoms in total. The predicted molar refractivity (Wildman–Crippen MR) is 84.4 cm³/mol. The highest BCUT2D eigenvalue weighted by Crippen LogP contribution is 2.35. The number of nitrogens with zero attached hydrogens (tertiary/aromatic N) is 2. The molecule has 0 aromatic carbocycles. The van der Waals surface area contributed by atoms with Crippen LogP contribution < -0.4 is 5.32 Å². The molecule has 108 valence electrons. The number of aromatic nitrogens is 2. The van der Waals surface area contributed by atoms with E-state index in [-0.39, 0.29) is 6.04 Å². The Morgan fingerprint density at radius 1 is 1.40 bits per heavy atom. The van der Waals surface area contributed by atoms with Crippen molar-refractivity contribution in [3.05, 3.63) is 39.6 Å². The maximum Gasteiger partial charge on any atom is 0.131 e. The minimum atomic E-state index is 0.247. The van der Waals surface area contributed by atoms with Crippen molar-refractivity contribution in [3.8, 4) is 0 Å². The molecule has 0 saturated heterocycles. The Kier molecular flexibility index (Phi) is 4.22. The van der Waals surface area contributed by atoms with Gasteiger partial charge in [0, 0.05) is 28.7 Å². The van der Waals surface area contributed by atoms with Crippen LogP contribution >= 0.6 is 11.3 Å². The topological polar surface area (TPSA) is 29.9 Å². The number of rotatable bonds is 6. The van der Waals surface area contributed by atoms with E-state index in [1.807, 2.05) is 17.5 Å². The van der Waals surface area contributed by atoms with Crippen molar-refractivity contribution in [2.24, 2.45) is 0 Å². The van der Waals surface area contributed by atoms with Crippen molar-refractivity contribution in [1.82, 2.24) is 14.9 Å². The fraction of sp³-hybridized carbons (Fsp3) is 0.562. The first-order valence-electron chi connectivity index (χ1n) is 7.69. The summed E-state index contributed by atoms with van der Waals surface area (Å²) in [5, 5.41) is 3.62. The van der Waals surface area contributed by atoms with Crippen LogP contribution in [0.25, 0.3) is 0 Å². The van der Waals surface area contributed by atoms with E-state index in [1.54, 1.807) is 10.4 Å². The second-order valence-corrected chi connectivity index (χ2v) is 6.59. The summed E-state index contributed by atoms with van der Waals surface area (Å²) in [6.07, 6.45) is 9.03. The second kappa shape index (κ2) is 6.10. The Labute approximate surface area is 125 Å². The van der Waals surface area contributed by atoms with Gasteiger partial charge in [0.25, 0.3) is 0 Å². The monoisotopic (exact) mass is 289 g/mol. The van der Waals surface area contributed by atoms with Crippen LogP contribution in [0.4, 0.5) is 0 Å². The second-order valence-electron chi connectivity index (χ2n) is 5.42. The maximum absolute atomic E-state index is 4.62. The lowest BCUT2D eigenvalue weighted by atomic mass is 10.1. The molecule has 2 heterocycles. The lowest BCUT2D eigenvalue weighted by Crippen LogP contribution is -2.24. The molecule has 0 radical (unpaired) electrons. The maximum atomic E-state index is 4.62. The third-order valence-corrected chi connectivity index (χ3v) is 5.23. The lowest BCUT2D eigenvalue weighted by Gasteiger charge is -2.18. The van der Waals surface area contributed by atoms with Gasteiger partial charge in [-0.1, -0.05) is 13.8 Å². The van der Waals surface area contributed by atoms with E-state index in [1.165, 1.54) is 24.1 Å². The molecule has 1 atom stereocenters. The van der Waals surface area contributed by atoms with Gasteiger partial charge >= 0.3 is 0 Å². The predicted octanol–water partition coefficient (Wildman–Crippen LogP) is 3.54. The largest absolute Gasteiger partial charge is 0.333 e. The zero-order valence-electron chi connectivity index (χ0n) is 12.4. The van der Waals surface area contributed by atoms with Gasteiger partial charge in [-0.15, -0.1) is 11.3 Å². The Morgan fingerprint density at radius 2 is 2.30 bits per heavy atom. The van der Waals surface area contributed by atoms with Gasteiger partial charge in [0.15, 0.2) is 0 Å². The average molecular weight is 289 g/mol. The Balaban J connectivity index is 1.93. The number of hydrogen-bond acceptors (Lipinski definition) is 3. The summed E-state index contributed by atoms with van der Waals surface area (Å²) in [5.41, 5.74) is 1.57. The van der Waals surface area contributed by atoms with Gasteiger partial charge < -0.3 is 9.88 Å². The number of aryl methyl sites for hydroxylation is 3. The molecule has 2 aromatic rings. The summed E-state index contributed by atoms with van der Waals surface area (Å²) >= 11 is 1.98. The van der Waals surface area contributed by atoms with E-state index in [2.05, 4.69) is 41.0 Å². The van der Waals surface area contributed by atoms with Crippen LogP contribution in [0.15, 0.2) is 18.5 Å². The Morgan fingerprint density at radius 3 is 3.05 bits per heavy atom. The van der Waals surface area contributed by atoms with E-state index in [0.717, 1.165) is 25.3 Å². The van der Waals surface area contributed by atoms with Crippen LogP contribution in [-0.4, -0.2) is 16.1 Å². The summed E-state index contributed by atoms with van der Waals surface area (Å²) in [6, 6.07) is 2.66. The smallest absolute Gasteiger partial charge is 0.131 e. The molecule has 0 fully saturated rings. The normalized spacial score (nSPS) is 15.5. The van der Waals surface area contributed by atoms with Gasteiger partial charge in [-0.25, -0.2) is 4.98 Å². The molecule has 2 aromatic heterocycles. The van der Waals surface area contributed by atoms with Gasteiger partial charge in [0.1, 0.15) is 11.9 Å². The van der Waals surface area contributed by atoms with Crippen LogP contribution in [0.5, 0.6) is 0 Å². The van der Waals surface area contributed by atoms with Gasteiger partial charge in [-0.2, -0.15) is 0 Å². The summed E-state index contributed by atoms with van der Waals surface area (Å²) in [4.78, 5) is 7.64. The van der Waals surface area contributed by atoms with Crippen LogP contribution in [0.3, 0.4) is 0 Å². The van der Waals surface area contributed by atoms with Gasteiger partial charge in [0.05, 0.1) is 0 Å². The fourth-order valence-electron chi connectivity index (χ4n) is 3.03. The summed E-state index contributed by atoms with van der Waals surface area (Å²) in [6.45, 7) is 6.39. The van der Waals surface area contributed by atoms with E-state index in [9.17, 15) is 0 Å².